The number of imidazole rings is 2. The van der Waals surface area contributed by atoms with Gasteiger partial charge in [0.1, 0.15) is 35.4 Å². The lowest BCUT2D eigenvalue weighted by Gasteiger charge is -2.34. The minimum atomic E-state index is -1.31. The topological polar surface area (TPSA) is 151 Å². The van der Waals surface area contributed by atoms with Crippen molar-refractivity contribution in [3.63, 3.8) is 0 Å². The first-order chi connectivity index (χ1) is 29.6. The van der Waals surface area contributed by atoms with Gasteiger partial charge in [0.05, 0.1) is 35.9 Å². The van der Waals surface area contributed by atoms with E-state index in [0.717, 1.165) is 31.5 Å². The summed E-state index contributed by atoms with van der Waals surface area (Å²) in [4.78, 5) is 60.9. The second-order valence-electron chi connectivity index (χ2n) is 15.5. The van der Waals surface area contributed by atoms with Gasteiger partial charge in [-0.15, -0.1) is 0 Å². The number of carboxylic acid groups (broad SMARTS) is 1. The summed E-state index contributed by atoms with van der Waals surface area (Å²) in [6.07, 6.45) is 4.65. The number of nitrogens with one attached hydrogen (secondary N) is 3. The molecule has 4 aromatic carbocycles. The maximum Gasteiger partial charge on any atom is 0.405 e. The van der Waals surface area contributed by atoms with Crippen LogP contribution in [0.3, 0.4) is 0 Å². The monoisotopic (exact) mass is 826 g/mol. The number of halogens is 2. The highest BCUT2D eigenvalue weighted by Gasteiger charge is 2.39. The molecule has 4 atom stereocenters. The number of carbonyl (C=O) groups is 3. The van der Waals surface area contributed by atoms with Gasteiger partial charge in [0.25, 0.3) is 5.91 Å². The molecule has 2 saturated heterocycles. The number of hydrogen-bond donors (Lipinski definition) is 4. The Morgan fingerprint density at radius 2 is 1.20 bits per heavy atom. The maximum absolute atomic E-state index is 15.9. The van der Waals surface area contributed by atoms with Gasteiger partial charge < -0.3 is 30.2 Å². The van der Waals surface area contributed by atoms with Crippen molar-refractivity contribution < 1.29 is 28.3 Å². The van der Waals surface area contributed by atoms with Crippen LogP contribution < -0.4 is 5.32 Å². The molecule has 0 saturated carbocycles. The Morgan fingerprint density at radius 1 is 0.721 bits per heavy atom. The van der Waals surface area contributed by atoms with E-state index >= 15 is 8.78 Å². The standard InChI is InChI=1S/C47H48F2N8O4/c1-3-55(4-2)42(30-15-9-6-10-16-30)46(59)57-24-12-18-40(57)44-51-28-38(53-44)34-22-20-32(26-36(34)49)31-19-21-33(35(48)25-31)37-27-50-43(52-37)39-17-11-23-56(39)45(58)41(54-47(60)61)29-13-7-5-8-14-29/h5-10,13-16,19-22,25-28,39-42,54H,3-4,11-12,17-18,23-24H2,1-2H3,(H,50,52)(H,51,53)(H,60,61)/t39-,40-,41+,42+/m0/s1. The molecule has 4 heterocycles. The van der Waals surface area contributed by atoms with Gasteiger partial charge in [-0.2, -0.15) is 0 Å². The first kappa shape index (κ1) is 41.1. The van der Waals surface area contributed by atoms with Crippen LogP contribution in [0.1, 0.15) is 86.5 Å². The van der Waals surface area contributed by atoms with Gasteiger partial charge in [0, 0.05) is 24.2 Å². The number of likely N-dealkylation sites (N-methyl/N-ethyl adjacent to an activating group) is 1. The van der Waals surface area contributed by atoms with Crippen LogP contribution in [0.15, 0.2) is 109 Å². The summed E-state index contributed by atoms with van der Waals surface area (Å²) >= 11 is 0. The molecule has 2 fully saturated rings. The van der Waals surface area contributed by atoms with Crippen molar-refractivity contribution in [2.45, 2.75) is 63.7 Å². The molecule has 3 amide bonds. The number of aromatic nitrogens is 4. The average Bonchev–Trinajstić information content (AvgIpc) is 4.12. The summed E-state index contributed by atoms with van der Waals surface area (Å²) in [5.74, 6) is -0.358. The SMILES string of the molecule is CCN(CC)[C@@H](C(=O)N1CCC[C@H]1c1ncc(-c2ccc(-c3ccc(-c4cnc([C@@H]5CCCN5C(=O)[C@H](NC(=O)O)c5ccccc5)[nH]4)c(F)c3)cc2F)[nH]1)c1ccccc1. The highest BCUT2D eigenvalue weighted by atomic mass is 19.1. The summed E-state index contributed by atoms with van der Waals surface area (Å²) in [5.41, 5.74) is 3.87. The van der Waals surface area contributed by atoms with E-state index in [1.165, 1.54) is 18.3 Å². The third-order valence-electron chi connectivity index (χ3n) is 11.9. The maximum atomic E-state index is 15.9. The number of carbonyl (C=O) groups excluding carboxylic acids is 2. The fourth-order valence-electron chi connectivity index (χ4n) is 8.85. The molecule has 314 valence electrons. The number of H-pyrrole nitrogens is 2. The largest absolute Gasteiger partial charge is 0.465 e. The van der Waals surface area contributed by atoms with Crippen LogP contribution in [-0.4, -0.2) is 83.8 Å². The van der Waals surface area contributed by atoms with E-state index in [0.29, 0.717) is 71.2 Å². The van der Waals surface area contributed by atoms with Crippen LogP contribution in [0, 0.1) is 11.6 Å². The molecule has 0 spiro atoms. The Balaban J connectivity index is 0.970. The highest BCUT2D eigenvalue weighted by Crippen LogP contribution is 2.38. The molecule has 12 nitrogen and oxygen atoms in total. The predicted octanol–water partition coefficient (Wildman–Crippen LogP) is 8.83. The molecule has 2 aromatic heterocycles. The van der Waals surface area contributed by atoms with Crippen molar-refractivity contribution in [3.05, 3.63) is 144 Å². The van der Waals surface area contributed by atoms with Gasteiger partial charge in [-0.05, 0) is 85.3 Å². The Bertz CT molecular complexity index is 2510. The molecule has 0 aliphatic carbocycles. The molecule has 8 rings (SSSR count). The molecule has 2 aliphatic rings. The van der Waals surface area contributed by atoms with Gasteiger partial charge in [0.2, 0.25) is 5.91 Å². The predicted molar refractivity (Wildman–Crippen MR) is 227 cm³/mol. The zero-order chi connectivity index (χ0) is 42.6. The summed E-state index contributed by atoms with van der Waals surface area (Å²) < 4.78 is 31.7. The van der Waals surface area contributed by atoms with Crippen LogP contribution in [0.4, 0.5) is 13.6 Å². The number of benzene rings is 4. The van der Waals surface area contributed by atoms with Crippen LogP contribution in [0.2, 0.25) is 0 Å². The van der Waals surface area contributed by atoms with Gasteiger partial charge in [0.15, 0.2) is 0 Å². The number of hydrogen-bond acceptors (Lipinski definition) is 6. The van der Waals surface area contributed by atoms with Gasteiger partial charge >= 0.3 is 6.09 Å². The number of likely N-dealkylation sites (tertiary alicyclic amines) is 2. The van der Waals surface area contributed by atoms with Crippen molar-refractivity contribution in [2.24, 2.45) is 0 Å². The average molecular weight is 827 g/mol. The molecule has 4 N–H and O–H groups in total. The van der Waals surface area contributed by atoms with E-state index in [1.54, 1.807) is 65.7 Å². The summed E-state index contributed by atoms with van der Waals surface area (Å²) in [6, 6.07) is 25.7. The zero-order valence-corrected chi connectivity index (χ0v) is 34.0. The van der Waals surface area contributed by atoms with Crippen molar-refractivity contribution in [2.75, 3.05) is 26.2 Å². The molecule has 0 unspecified atom stereocenters. The van der Waals surface area contributed by atoms with Gasteiger partial charge in [-0.3, -0.25) is 14.5 Å². The normalized spacial score (nSPS) is 17.5. The van der Waals surface area contributed by atoms with E-state index in [9.17, 15) is 19.5 Å². The van der Waals surface area contributed by atoms with Crippen LogP contribution in [0.5, 0.6) is 0 Å². The lowest BCUT2D eigenvalue weighted by molar-refractivity contribution is -0.138. The number of aromatic amines is 2. The van der Waals surface area contributed by atoms with E-state index in [2.05, 4.69) is 44.0 Å². The summed E-state index contributed by atoms with van der Waals surface area (Å²) in [7, 11) is 0. The molecule has 0 radical (unpaired) electrons. The quantitative estimate of drug-likeness (QED) is 0.0909. The van der Waals surface area contributed by atoms with Crippen molar-refractivity contribution in [1.29, 1.82) is 0 Å². The van der Waals surface area contributed by atoms with Gasteiger partial charge in [-0.25, -0.2) is 23.5 Å². The summed E-state index contributed by atoms with van der Waals surface area (Å²) in [6.45, 7) is 6.58. The van der Waals surface area contributed by atoms with E-state index in [4.69, 9.17) is 0 Å². The molecule has 0 bridgehead atoms. The lowest BCUT2D eigenvalue weighted by atomic mass is 10.00. The molecule has 14 heteroatoms. The number of rotatable bonds is 13. The summed E-state index contributed by atoms with van der Waals surface area (Å²) in [5, 5.41) is 11.8. The Kier molecular flexibility index (Phi) is 12.1. The lowest BCUT2D eigenvalue weighted by Crippen LogP contribution is -2.43. The Morgan fingerprint density at radius 3 is 1.66 bits per heavy atom. The van der Waals surface area contributed by atoms with Gasteiger partial charge in [-0.1, -0.05) is 86.6 Å². The fourth-order valence-corrected chi connectivity index (χ4v) is 8.85. The minimum Gasteiger partial charge on any atom is -0.465 e. The molecule has 2 aliphatic heterocycles. The molecule has 6 aromatic rings. The molecule has 61 heavy (non-hydrogen) atoms. The zero-order valence-electron chi connectivity index (χ0n) is 34.0. The first-order valence-electron chi connectivity index (χ1n) is 20.8. The Labute approximate surface area is 352 Å². The van der Waals surface area contributed by atoms with E-state index in [1.807, 2.05) is 35.2 Å². The molecular formula is C47H48F2N8O4. The smallest absolute Gasteiger partial charge is 0.405 e. The highest BCUT2D eigenvalue weighted by molar-refractivity contribution is 5.87. The second-order valence-corrected chi connectivity index (χ2v) is 15.5. The molecular weight excluding hydrogens is 779 g/mol. The fraction of sp³-hybridized carbons (Fsp3) is 0.298. The van der Waals surface area contributed by atoms with E-state index < -0.39 is 41.8 Å². The number of amides is 3. The van der Waals surface area contributed by atoms with Crippen LogP contribution >= 0.6 is 0 Å². The second kappa shape index (κ2) is 17.9. The third-order valence-corrected chi connectivity index (χ3v) is 11.9. The van der Waals surface area contributed by atoms with Crippen LogP contribution in [-0.2, 0) is 9.59 Å². The van der Waals surface area contributed by atoms with Crippen molar-refractivity contribution >= 4 is 17.9 Å². The van der Waals surface area contributed by atoms with Crippen LogP contribution in [0.25, 0.3) is 33.6 Å². The van der Waals surface area contributed by atoms with E-state index in [-0.39, 0.29) is 17.5 Å². The van der Waals surface area contributed by atoms with Crippen molar-refractivity contribution in [3.8, 4) is 33.6 Å². The minimum absolute atomic E-state index is 0.0222. The third kappa shape index (κ3) is 8.40. The Hall–Kier alpha value is -6.67. The number of nitrogens with zero attached hydrogens (tertiary/aromatic N) is 5. The first-order valence-corrected chi connectivity index (χ1v) is 20.8. The van der Waals surface area contributed by atoms with Crippen molar-refractivity contribution in [1.82, 2.24) is 40.0 Å².